The van der Waals surface area contributed by atoms with Gasteiger partial charge in [0.1, 0.15) is 5.84 Å². The number of nitrogens with one attached hydrogen (secondary N) is 1. The van der Waals surface area contributed by atoms with Crippen molar-refractivity contribution in [2.75, 3.05) is 6.54 Å². The highest BCUT2D eigenvalue weighted by molar-refractivity contribution is 6.16. The average molecular weight is 452 g/mol. The number of aliphatic imine (C=N–C) groups is 1. The number of aromatic nitrogens is 1. The molecule has 0 fully saturated rings. The van der Waals surface area contributed by atoms with Crippen molar-refractivity contribution in [3.63, 3.8) is 0 Å². The third-order valence-corrected chi connectivity index (χ3v) is 5.21. The van der Waals surface area contributed by atoms with E-state index in [1.54, 1.807) is 30.3 Å². The smallest absolute Gasteiger partial charge is 0.312 e. The minimum absolute atomic E-state index is 0.0445. The van der Waals surface area contributed by atoms with Crippen molar-refractivity contribution in [1.29, 1.82) is 0 Å². The van der Waals surface area contributed by atoms with Crippen LogP contribution in [-0.4, -0.2) is 45.9 Å². The number of hydrogen-bond donors (Lipinski definition) is 1. The largest absolute Gasteiger partial charge is 0.442 e. The number of amidine groups is 1. The first kappa shape index (κ1) is 22.2. The van der Waals surface area contributed by atoms with Crippen molar-refractivity contribution >= 4 is 17.6 Å². The molecule has 2 aromatic carbocycles. The molecule has 168 valence electrons. The van der Waals surface area contributed by atoms with Crippen molar-refractivity contribution in [2.24, 2.45) is 4.99 Å². The van der Waals surface area contributed by atoms with Crippen LogP contribution in [0.5, 0.6) is 0 Å². The van der Waals surface area contributed by atoms with Crippen LogP contribution in [0.15, 0.2) is 90.2 Å². The molecule has 0 spiro atoms. The molecule has 1 N–H and O–H groups in total. The van der Waals surface area contributed by atoms with Crippen LogP contribution in [0.2, 0.25) is 0 Å². The molecule has 2 amide bonds. The van der Waals surface area contributed by atoms with E-state index in [0.717, 1.165) is 16.7 Å². The van der Waals surface area contributed by atoms with E-state index in [9.17, 15) is 22.8 Å². The third-order valence-electron chi connectivity index (χ3n) is 5.21. The molecule has 33 heavy (non-hydrogen) atoms. The van der Waals surface area contributed by atoms with E-state index in [1.807, 2.05) is 35.6 Å². The van der Waals surface area contributed by atoms with Gasteiger partial charge in [-0.3, -0.25) is 19.5 Å². The number of halogens is 3. The summed E-state index contributed by atoms with van der Waals surface area (Å²) in [6, 6.07) is 19.9. The molecule has 0 bridgehead atoms. The molecule has 1 aromatic heterocycles. The Balaban J connectivity index is 1.74. The Labute approximate surface area is 187 Å². The molecule has 0 radical (unpaired) electrons. The zero-order valence-electron chi connectivity index (χ0n) is 17.3. The molecule has 9 heteroatoms. The molecule has 0 unspecified atom stereocenters. The van der Waals surface area contributed by atoms with Crippen LogP contribution in [0.3, 0.4) is 0 Å². The van der Waals surface area contributed by atoms with Crippen LogP contribution in [0, 0.1) is 0 Å². The molecule has 1 aliphatic rings. The molecule has 0 saturated carbocycles. The van der Waals surface area contributed by atoms with Crippen LogP contribution in [0.4, 0.5) is 13.2 Å². The number of rotatable bonds is 6. The van der Waals surface area contributed by atoms with Gasteiger partial charge in [0.05, 0.1) is 5.56 Å². The summed E-state index contributed by atoms with van der Waals surface area (Å²) in [7, 11) is 0. The second kappa shape index (κ2) is 8.85. The highest BCUT2D eigenvalue weighted by atomic mass is 19.4. The molecule has 0 aliphatic carbocycles. The second-order valence-corrected chi connectivity index (χ2v) is 7.40. The predicted molar refractivity (Wildman–Crippen MR) is 115 cm³/mol. The summed E-state index contributed by atoms with van der Waals surface area (Å²) in [5.74, 6) is -2.61. The molecule has 1 atom stereocenters. The summed E-state index contributed by atoms with van der Waals surface area (Å²) in [5.41, 5.74) is -2.38. The maximum atomic E-state index is 14.4. The molecule has 6 nitrogen and oxygen atoms in total. The zero-order valence-corrected chi connectivity index (χ0v) is 17.3. The van der Waals surface area contributed by atoms with Crippen molar-refractivity contribution in [1.82, 2.24) is 15.2 Å². The zero-order chi connectivity index (χ0) is 23.5. The summed E-state index contributed by atoms with van der Waals surface area (Å²) in [4.78, 5) is 34.5. The van der Waals surface area contributed by atoms with E-state index in [-0.39, 0.29) is 17.9 Å². The molecule has 4 rings (SSSR count). The van der Waals surface area contributed by atoms with Crippen molar-refractivity contribution in [2.45, 2.75) is 18.3 Å². The summed E-state index contributed by atoms with van der Waals surface area (Å²) in [5, 5.41) is 1.84. The van der Waals surface area contributed by atoms with Gasteiger partial charge in [0, 0.05) is 24.5 Å². The fourth-order valence-electron chi connectivity index (χ4n) is 3.53. The first-order valence-corrected chi connectivity index (χ1v) is 10.1. The number of pyridine rings is 1. The summed E-state index contributed by atoms with van der Waals surface area (Å²) in [6.07, 6.45) is -2.37. The van der Waals surface area contributed by atoms with Crippen molar-refractivity contribution in [3.05, 3.63) is 102 Å². The maximum absolute atomic E-state index is 14.4. The third kappa shape index (κ3) is 4.34. The Morgan fingerprint density at radius 1 is 0.970 bits per heavy atom. The van der Waals surface area contributed by atoms with Gasteiger partial charge in [0.15, 0.2) is 0 Å². The summed E-state index contributed by atoms with van der Waals surface area (Å²) in [6.45, 7) is -0.0445. The fraction of sp³-hybridized carbons (Fsp3) is 0.167. The number of amides is 2. The molecule has 1 aliphatic heterocycles. The minimum Gasteiger partial charge on any atom is -0.312 e. The average Bonchev–Trinajstić information content (AvgIpc) is 3.12. The summed E-state index contributed by atoms with van der Waals surface area (Å²) < 4.78 is 43.1. The minimum atomic E-state index is -5.18. The van der Waals surface area contributed by atoms with Crippen LogP contribution < -0.4 is 5.32 Å². The van der Waals surface area contributed by atoms with E-state index in [0.29, 0.717) is 12.0 Å². The topological polar surface area (TPSA) is 74.7 Å². The lowest BCUT2D eigenvalue weighted by Crippen LogP contribution is -2.63. The first-order chi connectivity index (χ1) is 15.8. The van der Waals surface area contributed by atoms with E-state index >= 15 is 0 Å². The van der Waals surface area contributed by atoms with Gasteiger partial charge in [0.25, 0.3) is 11.8 Å². The van der Waals surface area contributed by atoms with Crippen molar-refractivity contribution in [3.8, 4) is 0 Å². The molecule has 2 heterocycles. The Kier molecular flexibility index (Phi) is 5.95. The standard InChI is InChI=1S/C24H19F3N4O2/c25-24(26,27)23(30-21(32)19-12-7-14-28-16-19)22(33)31(15-13-17-8-3-1-4-9-17)20(29-23)18-10-5-2-6-11-18/h1-12,14,16H,13,15H2,(H,30,32)/t23-/m0/s1. The van der Waals surface area contributed by atoms with E-state index in [1.165, 1.54) is 18.3 Å². The number of alkyl halides is 3. The van der Waals surface area contributed by atoms with Gasteiger partial charge in [0.2, 0.25) is 0 Å². The molecule has 3 aromatic rings. The predicted octanol–water partition coefficient (Wildman–Crippen LogP) is 3.60. The number of carbonyl (C=O) groups is 2. The lowest BCUT2D eigenvalue weighted by molar-refractivity contribution is -0.196. The molecule has 0 saturated heterocycles. The van der Waals surface area contributed by atoms with Gasteiger partial charge in [-0.15, -0.1) is 0 Å². The van der Waals surface area contributed by atoms with Crippen molar-refractivity contribution < 1.29 is 22.8 Å². The van der Waals surface area contributed by atoms with E-state index in [2.05, 4.69) is 9.98 Å². The second-order valence-electron chi connectivity index (χ2n) is 7.40. The number of nitrogens with zero attached hydrogens (tertiary/aromatic N) is 3. The SMILES string of the molecule is O=C(N[C@@]1(C(F)(F)F)N=C(c2ccccc2)N(CCc2ccccc2)C1=O)c1cccnc1. The van der Waals surface area contributed by atoms with Gasteiger partial charge < -0.3 is 5.32 Å². The monoisotopic (exact) mass is 452 g/mol. The van der Waals surface area contributed by atoms with Gasteiger partial charge in [-0.1, -0.05) is 60.7 Å². The highest BCUT2D eigenvalue weighted by Gasteiger charge is 2.67. The highest BCUT2D eigenvalue weighted by Crippen LogP contribution is 2.38. The lowest BCUT2D eigenvalue weighted by Gasteiger charge is -2.29. The quantitative estimate of drug-likeness (QED) is 0.621. The normalized spacial score (nSPS) is 18.2. The van der Waals surface area contributed by atoms with Crippen LogP contribution in [0.25, 0.3) is 0 Å². The van der Waals surface area contributed by atoms with Gasteiger partial charge >= 0.3 is 11.8 Å². The number of benzene rings is 2. The van der Waals surface area contributed by atoms with Crippen LogP contribution in [0.1, 0.15) is 21.5 Å². The Hall–Kier alpha value is -4.01. The number of hydrogen-bond acceptors (Lipinski definition) is 4. The van der Waals surface area contributed by atoms with Crippen LogP contribution >= 0.6 is 0 Å². The maximum Gasteiger partial charge on any atom is 0.442 e. The fourth-order valence-corrected chi connectivity index (χ4v) is 3.53. The van der Waals surface area contributed by atoms with Gasteiger partial charge in [-0.2, -0.15) is 13.2 Å². The van der Waals surface area contributed by atoms with E-state index < -0.39 is 23.7 Å². The summed E-state index contributed by atoms with van der Waals surface area (Å²) >= 11 is 0. The van der Waals surface area contributed by atoms with E-state index in [4.69, 9.17) is 0 Å². The molecular weight excluding hydrogens is 433 g/mol. The van der Waals surface area contributed by atoms with Crippen LogP contribution in [-0.2, 0) is 11.2 Å². The lowest BCUT2D eigenvalue weighted by atomic mass is 10.1. The van der Waals surface area contributed by atoms with Gasteiger partial charge in [-0.25, -0.2) is 4.99 Å². The Morgan fingerprint density at radius 2 is 1.64 bits per heavy atom. The first-order valence-electron chi connectivity index (χ1n) is 10.1. The Bertz CT molecular complexity index is 1170. The molecular formula is C24H19F3N4O2. The number of carbonyl (C=O) groups excluding carboxylic acids is 2. The van der Waals surface area contributed by atoms with Gasteiger partial charge in [-0.05, 0) is 24.1 Å². The Morgan fingerprint density at radius 3 is 2.24 bits per heavy atom.